The van der Waals surface area contributed by atoms with Crippen molar-refractivity contribution in [2.24, 2.45) is 4.99 Å². The Bertz CT molecular complexity index is 940. The highest BCUT2D eigenvalue weighted by Gasteiger charge is 2.13. The summed E-state index contributed by atoms with van der Waals surface area (Å²) in [4.78, 5) is 5.90. The van der Waals surface area contributed by atoms with Crippen LogP contribution >= 0.6 is 11.3 Å². The number of aliphatic imine (C=N–C) groups is 1. The first-order valence-corrected chi connectivity index (χ1v) is 8.23. The van der Waals surface area contributed by atoms with Crippen LogP contribution in [0.2, 0.25) is 0 Å². The number of fused-ring (bicyclic) bond motifs is 1. The summed E-state index contributed by atoms with van der Waals surface area (Å²) in [5.74, 6) is 0.831. The maximum atomic E-state index is 4.82. The van der Waals surface area contributed by atoms with Crippen LogP contribution in [-0.2, 0) is 6.54 Å². The number of thiophene rings is 1. The van der Waals surface area contributed by atoms with Gasteiger partial charge in [-0.15, -0.1) is 16.4 Å². The van der Waals surface area contributed by atoms with Crippen LogP contribution in [0.25, 0.3) is 11.0 Å². The summed E-state index contributed by atoms with van der Waals surface area (Å²) < 4.78 is 1.82. The molecule has 0 saturated heterocycles. The number of hydrogen-bond acceptors (Lipinski definition) is 4. The molecule has 5 heteroatoms. The average Bonchev–Trinajstić information content (AvgIpc) is 3.27. The lowest BCUT2D eigenvalue weighted by atomic mass is 10.2. The minimum Gasteiger partial charge on any atom is -0.261 e. The normalized spacial score (nSPS) is 11.9. The van der Waals surface area contributed by atoms with Crippen molar-refractivity contribution in [1.82, 2.24) is 15.0 Å². The maximum absolute atomic E-state index is 4.82. The zero-order valence-electron chi connectivity index (χ0n) is 12.3. The van der Waals surface area contributed by atoms with Crippen molar-refractivity contribution in [3.8, 4) is 0 Å². The van der Waals surface area contributed by atoms with Crippen LogP contribution in [0.15, 0.2) is 77.1 Å². The first kappa shape index (κ1) is 13.8. The molecule has 0 unspecified atom stereocenters. The molecule has 0 saturated carbocycles. The van der Waals surface area contributed by atoms with E-state index in [0.717, 1.165) is 21.7 Å². The molecule has 2 aromatic carbocycles. The molecule has 4 nitrogen and oxygen atoms in total. The Labute approximate surface area is 137 Å². The second kappa shape index (κ2) is 6.14. The van der Waals surface area contributed by atoms with Gasteiger partial charge in [0.25, 0.3) is 0 Å². The molecule has 0 spiro atoms. The molecular weight excluding hydrogens is 304 g/mol. The molecule has 4 aromatic rings. The lowest BCUT2D eigenvalue weighted by Crippen LogP contribution is -2.14. The van der Waals surface area contributed by atoms with Crippen LogP contribution in [0.5, 0.6) is 0 Å². The Balaban J connectivity index is 1.80. The van der Waals surface area contributed by atoms with Gasteiger partial charge in [0.15, 0.2) is 5.84 Å². The quantitative estimate of drug-likeness (QED) is 0.423. The molecular formula is C18H14N4S. The third-order valence-corrected chi connectivity index (χ3v) is 4.41. The van der Waals surface area contributed by atoms with Gasteiger partial charge in [-0.25, -0.2) is 0 Å². The molecule has 0 fully saturated rings. The Kier molecular flexibility index (Phi) is 3.70. The molecule has 2 aromatic heterocycles. The topological polar surface area (TPSA) is 43.1 Å². The molecule has 112 valence electrons. The molecule has 0 aliphatic rings. The smallest absolute Gasteiger partial charge is 0.169 e. The van der Waals surface area contributed by atoms with Gasteiger partial charge in [0.2, 0.25) is 0 Å². The fourth-order valence-electron chi connectivity index (χ4n) is 2.43. The van der Waals surface area contributed by atoms with Crippen LogP contribution in [0.1, 0.15) is 10.4 Å². The minimum atomic E-state index is 0.613. The highest BCUT2D eigenvalue weighted by Crippen LogP contribution is 2.17. The summed E-state index contributed by atoms with van der Waals surface area (Å²) >= 11 is 1.65. The summed E-state index contributed by atoms with van der Waals surface area (Å²) in [5.41, 5.74) is 3.01. The number of para-hydroxylation sites is 1. The third-order valence-electron chi connectivity index (χ3n) is 3.55. The minimum absolute atomic E-state index is 0.613. The predicted molar refractivity (Wildman–Crippen MR) is 93.9 cm³/mol. The summed E-state index contributed by atoms with van der Waals surface area (Å²) in [6, 6.07) is 22.2. The van der Waals surface area contributed by atoms with Crippen molar-refractivity contribution in [3.05, 3.63) is 82.6 Å². The lowest BCUT2D eigenvalue weighted by Gasteiger charge is -2.06. The molecule has 2 heterocycles. The molecule has 4 rings (SSSR count). The van der Waals surface area contributed by atoms with Gasteiger partial charge in [-0.05, 0) is 29.1 Å². The Morgan fingerprint density at radius 2 is 1.78 bits per heavy atom. The number of nitrogens with zero attached hydrogens (tertiary/aromatic N) is 4. The highest BCUT2D eigenvalue weighted by molar-refractivity contribution is 7.12. The van der Waals surface area contributed by atoms with Crippen LogP contribution in [0.3, 0.4) is 0 Å². The van der Waals surface area contributed by atoms with E-state index in [-0.39, 0.29) is 0 Å². The van der Waals surface area contributed by atoms with Crippen molar-refractivity contribution in [2.45, 2.75) is 6.54 Å². The number of benzene rings is 2. The SMILES string of the molecule is c1ccc(CN=C(c2cccs2)n2nnc3ccccc32)cc1. The van der Waals surface area contributed by atoms with Gasteiger partial charge >= 0.3 is 0 Å². The van der Waals surface area contributed by atoms with E-state index >= 15 is 0 Å². The van der Waals surface area contributed by atoms with Gasteiger partial charge in [-0.1, -0.05) is 53.7 Å². The molecule has 0 bridgehead atoms. The van der Waals surface area contributed by atoms with Crippen LogP contribution in [-0.4, -0.2) is 20.8 Å². The standard InChI is InChI=1S/C18H14N4S/c1-2-7-14(8-3-1)13-19-18(17-11-6-12-23-17)22-16-10-5-4-9-15(16)20-21-22/h1-12H,13H2. The Hall–Kier alpha value is -2.79. The van der Waals surface area contributed by atoms with E-state index in [2.05, 4.69) is 28.5 Å². The molecule has 0 aliphatic heterocycles. The molecule has 23 heavy (non-hydrogen) atoms. The molecule has 0 amide bonds. The van der Waals surface area contributed by atoms with E-state index in [1.807, 2.05) is 58.6 Å². The van der Waals surface area contributed by atoms with E-state index in [1.165, 1.54) is 5.56 Å². The van der Waals surface area contributed by atoms with Crippen molar-refractivity contribution in [1.29, 1.82) is 0 Å². The van der Waals surface area contributed by atoms with E-state index in [0.29, 0.717) is 6.54 Å². The third kappa shape index (κ3) is 2.78. The summed E-state index contributed by atoms with van der Waals surface area (Å²) in [6.45, 7) is 0.613. The maximum Gasteiger partial charge on any atom is 0.169 e. The fourth-order valence-corrected chi connectivity index (χ4v) is 3.15. The van der Waals surface area contributed by atoms with Gasteiger partial charge in [-0.2, -0.15) is 4.68 Å². The number of hydrogen-bond donors (Lipinski definition) is 0. The van der Waals surface area contributed by atoms with Gasteiger partial charge < -0.3 is 0 Å². The predicted octanol–water partition coefficient (Wildman–Crippen LogP) is 3.99. The van der Waals surface area contributed by atoms with Gasteiger partial charge in [-0.3, -0.25) is 4.99 Å². The second-order valence-electron chi connectivity index (χ2n) is 5.09. The molecule has 0 N–H and O–H groups in total. The zero-order valence-corrected chi connectivity index (χ0v) is 13.1. The molecule has 0 atom stereocenters. The highest BCUT2D eigenvalue weighted by atomic mass is 32.1. The monoisotopic (exact) mass is 318 g/mol. The van der Waals surface area contributed by atoms with E-state index in [4.69, 9.17) is 4.99 Å². The van der Waals surface area contributed by atoms with Crippen molar-refractivity contribution in [3.63, 3.8) is 0 Å². The second-order valence-corrected chi connectivity index (χ2v) is 6.04. The fraction of sp³-hybridized carbons (Fsp3) is 0.0556. The van der Waals surface area contributed by atoms with Gasteiger partial charge in [0.05, 0.1) is 16.9 Å². The number of rotatable bonds is 3. The van der Waals surface area contributed by atoms with E-state index in [9.17, 15) is 0 Å². The lowest BCUT2D eigenvalue weighted by molar-refractivity contribution is 0.852. The van der Waals surface area contributed by atoms with Crippen LogP contribution < -0.4 is 0 Å². The van der Waals surface area contributed by atoms with Gasteiger partial charge in [0, 0.05) is 0 Å². The van der Waals surface area contributed by atoms with Crippen LogP contribution in [0, 0.1) is 0 Å². The molecule has 0 aliphatic carbocycles. The van der Waals surface area contributed by atoms with Crippen molar-refractivity contribution >= 4 is 28.2 Å². The summed E-state index contributed by atoms with van der Waals surface area (Å²) in [7, 11) is 0. The van der Waals surface area contributed by atoms with Crippen molar-refractivity contribution in [2.75, 3.05) is 0 Å². The van der Waals surface area contributed by atoms with E-state index in [1.54, 1.807) is 11.3 Å². The first-order valence-electron chi connectivity index (χ1n) is 7.35. The summed E-state index contributed by atoms with van der Waals surface area (Å²) in [5, 5.41) is 10.6. The Morgan fingerprint density at radius 1 is 0.957 bits per heavy atom. The Morgan fingerprint density at radius 3 is 2.61 bits per heavy atom. The first-order chi connectivity index (χ1) is 11.4. The average molecular weight is 318 g/mol. The van der Waals surface area contributed by atoms with Crippen molar-refractivity contribution < 1.29 is 0 Å². The zero-order chi connectivity index (χ0) is 15.5. The molecule has 0 radical (unpaired) electrons. The van der Waals surface area contributed by atoms with Gasteiger partial charge in [0.1, 0.15) is 5.52 Å². The summed E-state index contributed by atoms with van der Waals surface area (Å²) in [6.07, 6.45) is 0. The van der Waals surface area contributed by atoms with E-state index < -0.39 is 0 Å². The number of aromatic nitrogens is 3. The van der Waals surface area contributed by atoms with Crippen LogP contribution in [0.4, 0.5) is 0 Å². The largest absolute Gasteiger partial charge is 0.261 e.